The molecule has 0 bridgehead atoms. The number of H-pyrrole nitrogens is 1. The Hall–Kier alpha value is -1.99. The van der Waals surface area contributed by atoms with Gasteiger partial charge in [-0.05, 0) is 35.6 Å². The predicted octanol–water partition coefficient (Wildman–Crippen LogP) is 2.20. The zero-order valence-electron chi connectivity index (χ0n) is 14.2. The zero-order valence-corrected chi connectivity index (χ0v) is 15.0. The smallest absolute Gasteiger partial charge is 0.220 e. The number of hydrogen-bond acceptors (Lipinski definition) is 5. The minimum atomic E-state index is 0. The first-order chi connectivity index (χ1) is 11.7. The van der Waals surface area contributed by atoms with Crippen LogP contribution in [-0.4, -0.2) is 33.1 Å². The van der Waals surface area contributed by atoms with Crippen molar-refractivity contribution in [3.05, 3.63) is 29.8 Å². The number of nitrogens with one attached hydrogen (secondary N) is 2. The number of tetrazole rings is 1. The van der Waals surface area contributed by atoms with E-state index in [2.05, 4.69) is 25.9 Å². The largest absolute Gasteiger partial charge is 0.352 e. The molecular weight excluding hydrogens is 340 g/mol. The number of aromatic nitrogens is 4. The van der Waals surface area contributed by atoms with Crippen LogP contribution in [0.1, 0.15) is 44.1 Å². The SMILES string of the molecule is Cl.NCC1(CC(=O)NCc2ccc(-c3nn[nH]n3)cc2)CCCCC1. The molecule has 0 aliphatic heterocycles. The van der Waals surface area contributed by atoms with Crippen molar-refractivity contribution in [3.63, 3.8) is 0 Å². The van der Waals surface area contributed by atoms with Gasteiger partial charge in [-0.2, -0.15) is 5.21 Å². The lowest BCUT2D eigenvalue weighted by Gasteiger charge is -2.35. The van der Waals surface area contributed by atoms with Crippen LogP contribution in [0.15, 0.2) is 24.3 Å². The van der Waals surface area contributed by atoms with Crippen LogP contribution in [0.2, 0.25) is 0 Å². The molecule has 2 aromatic rings. The van der Waals surface area contributed by atoms with Crippen molar-refractivity contribution in [2.24, 2.45) is 11.1 Å². The molecule has 1 saturated carbocycles. The minimum absolute atomic E-state index is 0. The first-order valence-electron chi connectivity index (χ1n) is 8.50. The van der Waals surface area contributed by atoms with E-state index in [4.69, 9.17) is 5.73 Å². The van der Waals surface area contributed by atoms with Gasteiger partial charge in [0.2, 0.25) is 11.7 Å². The second-order valence-electron chi connectivity index (χ2n) is 6.65. The molecule has 0 spiro atoms. The number of aromatic amines is 1. The third-order valence-electron chi connectivity index (χ3n) is 4.93. The fourth-order valence-electron chi connectivity index (χ4n) is 3.41. The molecule has 7 nitrogen and oxygen atoms in total. The maximum absolute atomic E-state index is 12.3. The third kappa shape index (κ3) is 4.99. The van der Waals surface area contributed by atoms with Crippen LogP contribution in [-0.2, 0) is 11.3 Å². The molecule has 4 N–H and O–H groups in total. The summed E-state index contributed by atoms with van der Waals surface area (Å²) < 4.78 is 0. The number of nitrogens with zero attached hydrogens (tertiary/aromatic N) is 3. The molecule has 25 heavy (non-hydrogen) atoms. The monoisotopic (exact) mass is 364 g/mol. The summed E-state index contributed by atoms with van der Waals surface area (Å²) in [6, 6.07) is 7.78. The number of hydrogen-bond donors (Lipinski definition) is 3. The highest BCUT2D eigenvalue weighted by Crippen LogP contribution is 2.38. The van der Waals surface area contributed by atoms with Gasteiger partial charge in [-0.25, -0.2) is 0 Å². The molecule has 1 fully saturated rings. The van der Waals surface area contributed by atoms with Crippen molar-refractivity contribution in [1.29, 1.82) is 0 Å². The summed E-state index contributed by atoms with van der Waals surface area (Å²) >= 11 is 0. The van der Waals surface area contributed by atoms with Crippen LogP contribution in [0.5, 0.6) is 0 Å². The number of nitrogens with two attached hydrogens (primary N) is 1. The maximum atomic E-state index is 12.3. The van der Waals surface area contributed by atoms with Gasteiger partial charge in [0, 0.05) is 18.5 Å². The van der Waals surface area contributed by atoms with E-state index in [0.29, 0.717) is 25.3 Å². The number of carbonyl (C=O) groups is 1. The standard InChI is InChI=1S/C17H24N6O.ClH/c18-12-17(8-2-1-3-9-17)10-15(24)19-11-13-4-6-14(7-5-13)16-20-22-23-21-16;/h4-7H,1-3,8-12,18H2,(H,19,24)(H,20,21,22,23);1H. The summed E-state index contributed by atoms with van der Waals surface area (Å²) in [5.74, 6) is 0.650. The van der Waals surface area contributed by atoms with Crippen molar-refractivity contribution < 1.29 is 4.79 Å². The minimum Gasteiger partial charge on any atom is -0.352 e. The predicted molar refractivity (Wildman–Crippen MR) is 97.9 cm³/mol. The summed E-state index contributed by atoms with van der Waals surface area (Å²) in [6.45, 7) is 1.12. The molecule has 1 heterocycles. The Labute approximate surface area is 153 Å². The second-order valence-corrected chi connectivity index (χ2v) is 6.65. The van der Waals surface area contributed by atoms with E-state index in [-0.39, 0.29) is 23.7 Å². The van der Waals surface area contributed by atoms with Gasteiger partial charge in [0.05, 0.1) is 0 Å². The van der Waals surface area contributed by atoms with E-state index in [9.17, 15) is 4.79 Å². The molecule has 0 atom stereocenters. The van der Waals surface area contributed by atoms with Crippen LogP contribution >= 0.6 is 12.4 Å². The van der Waals surface area contributed by atoms with E-state index >= 15 is 0 Å². The molecule has 0 saturated heterocycles. The van der Waals surface area contributed by atoms with E-state index in [1.54, 1.807) is 0 Å². The van der Waals surface area contributed by atoms with Gasteiger partial charge in [0.15, 0.2) is 0 Å². The molecule has 3 rings (SSSR count). The van der Waals surface area contributed by atoms with Gasteiger partial charge in [-0.1, -0.05) is 43.5 Å². The topological polar surface area (TPSA) is 110 Å². The highest BCUT2D eigenvalue weighted by Gasteiger charge is 2.32. The van der Waals surface area contributed by atoms with E-state index in [0.717, 1.165) is 24.0 Å². The van der Waals surface area contributed by atoms with Gasteiger partial charge in [0.1, 0.15) is 0 Å². The number of amides is 1. The Morgan fingerprint density at radius 2 is 1.92 bits per heavy atom. The summed E-state index contributed by atoms with van der Waals surface area (Å²) in [6.07, 6.45) is 6.29. The number of benzene rings is 1. The number of rotatable bonds is 6. The van der Waals surface area contributed by atoms with Gasteiger partial charge in [-0.3, -0.25) is 4.79 Å². The molecule has 1 aromatic heterocycles. The number of carbonyl (C=O) groups excluding carboxylic acids is 1. The van der Waals surface area contributed by atoms with Crippen LogP contribution in [0, 0.1) is 5.41 Å². The first-order valence-corrected chi connectivity index (χ1v) is 8.50. The van der Waals surface area contributed by atoms with Gasteiger partial charge >= 0.3 is 0 Å². The van der Waals surface area contributed by atoms with E-state index in [1.165, 1.54) is 19.3 Å². The highest BCUT2D eigenvalue weighted by atomic mass is 35.5. The van der Waals surface area contributed by atoms with Gasteiger partial charge in [-0.15, -0.1) is 22.6 Å². The summed E-state index contributed by atoms with van der Waals surface area (Å²) in [4.78, 5) is 12.3. The summed E-state index contributed by atoms with van der Waals surface area (Å²) in [5, 5.41) is 16.9. The van der Waals surface area contributed by atoms with Crippen LogP contribution in [0.3, 0.4) is 0 Å². The van der Waals surface area contributed by atoms with E-state index < -0.39 is 0 Å². The normalized spacial score (nSPS) is 16.0. The Kier molecular flexibility index (Phi) is 6.90. The lowest BCUT2D eigenvalue weighted by Crippen LogP contribution is -2.38. The first kappa shape index (κ1) is 19.3. The molecule has 8 heteroatoms. The third-order valence-corrected chi connectivity index (χ3v) is 4.93. The lowest BCUT2D eigenvalue weighted by atomic mass is 9.71. The molecule has 0 radical (unpaired) electrons. The van der Waals surface area contributed by atoms with Crippen molar-refractivity contribution in [2.75, 3.05) is 6.54 Å². The summed E-state index contributed by atoms with van der Waals surface area (Å²) in [5.41, 5.74) is 7.90. The fourth-order valence-corrected chi connectivity index (χ4v) is 3.41. The Bertz CT molecular complexity index is 652. The molecule has 1 aromatic carbocycles. The van der Waals surface area contributed by atoms with Crippen LogP contribution in [0.4, 0.5) is 0 Å². The van der Waals surface area contributed by atoms with E-state index in [1.807, 2.05) is 24.3 Å². The quantitative estimate of drug-likeness (QED) is 0.727. The molecule has 1 amide bonds. The van der Waals surface area contributed by atoms with Crippen molar-refractivity contribution in [3.8, 4) is 11.4 Å². The van der Waals surface area contributed by atoms with Crippen LogP contribution in [0.25, 0.3) is 11.4 Å². The average Bonchev–Trinajstić information content (AvgIpc) is 3.16. The van der Waals surface area contributed by atoms with Crippen molar-refractivity contribution in [1.82, 2.24) is 25.9 Å². The summed E-state index contributed by atoms with van der Waals surface area (Å²) in [7, 11) is 0. The van der Waals surface area contributed by atoms with Crippen molar-refractivity contribution in [2.45, 2.75) is 45.1 Å². The molecule has 136 valence electrons. The highest BCUT2D eigenvalue weighted by molar-refractivity contribution is 5.85. The average molecular weight is 365 g/mol. The maximum Gasteiger partial charge on any atom is 0.220 e. The second kappa shape index (κ2) is 8.92. The molecule has 1 aliphatic carbocycles. The fraction of sp³-hybridized carbons (Fsp3) is 0.529. The Morgan fingerprint density at radius 3 is 2.52 bits per heavy atom. The zero-order chi connectivity index (χ0) is 16.8. The Balaban J connectivity index is 0.00000225. The Morgan fingerprint density at radius 1 is 1.20 bits per heavy atom. The van der Waals surface area contributed by atoms with Crippen LogP contribution < -0.4 is 11.1 Å². The molecule has 1 aliphatic rings. The van der Waals surface area contributed by atoms with Crippen molar-refractivity contribution >= 4 is 18.3 Å². The molecular formula is C17H25ClN6O. The van der Waals surface area contributed by atoms with Gasteiger partial charge < -0.3 is 11.1 Å². The lowest BCUT2D eigenvalue weighted by molar-refractivity contribution is -0.124. The van der Waals surface area contributed by atoms with Gasteiger partial charge in [0.25, 0.3) is 0 Å². The molecule has 0 unspecified atom stereocenters. The number of halogens is 1.